The first-order valence-corrected chi connectivity index (χ1v) is 18.7. The minimum atomic E-state index is 0.656. The first kappa shape index (κ1) is 30.0. The van der Waals surface area contributed by atoms with Crippen LogP contribution in [0.3, 0.4) is 0 Å². The molecule has 0 amide bonds. The van der Waals surface area contributed by atoms with Gasteiger partial charge in [-0.15, -0.1) is 0 Å². The summed E-state index contributed by atoms with van der Waals surface area (Å²) in [5.41, 5.74) is 10.9. The average Bonchev–Trinajstić information content (AvgIpc) is 3.58. The third-order valence-corrected chi connectivity index (χ3v) is 11.5. The maximum absolute atomic E-state index is 5.36. The van der Waals surface area contributed by atoms with Crippen LogP contribution in [0.4, 0.5) is 17.1 Å². The van der Waals surface area contributed by atoms with Gasteiger partial charge < -0.3 is 4.90 Å². The summed E-state index contributed by atoms with van der Waals surface area (Å²) in [7, 11) is 0. The van der Waals surface area contributed by atoms with Gasteiger partial charge in [-0.3, -0.25) is 4.57 Å². The first-order chi connectivity index (χ1) is 26.3. The van der Waals surface area contributed by atoms with Gasteiger partial charge in [0.05, 0.1) is 33.6 Å². The van der Waals surface area contributed by atoms with Crippen LogP contribution in [0.15, 0.2) is 192 Å². The molecule has 1 aliphatic rings. The van der Waals surface area contributed by atoms with Crippen molar-refractivity contribution >= 4 is 72.3 Å². The van der Waals surface area contributed by atoms with Crippen molar-refractivity contribution in [2.24, 2.45) is 0 Å². The molecular weight excluding hydrogens is 665 g/mol. The molecule has 0 fully saturated rings. The van der Waals surface area contributed by atoms with Gasteiger partial charge in [0, 0.05) is 37.2 Å². The Kier molecular flexibility index (Phi) is 6.76. The number of rotatable bonds is 4. The number of anilines is 3. The fourth-order valence-corrected chi connectivity index (χ4v) is 9.08. The van der Waals surface area contributed by atoms with Crippen molar-refractivity contribution in [1.82, 2.24) is 14.5 Å². The van der Waals surface area contributed by atoms with Gasteiger partial charge in [-0.25, -0.2) is 9.97 Å². The van der Waals surface area contributed by atoms with Crippen LogP contribution in [0.1, 0.15) is 0 Å². The van der Waals surface area contributed by atoms with E-state index in [1.165, 1.54) is 48.3 Å². The lowest BCUT2D eigenvalue weighted by Crippen LogP contribution is -2.14. The number of hydrogen-bond acceptors (Lipinski definition) is 4. The van der Waals surface area contributed by atoms with E-state index in [1.807, 2.05) is 17.8 Å². The second-order valence-corrected chi connectivity index (χ2v) is 14.5. The van der Waals surface area contributed by atoms with Crippen molar-refractivity contribution in [2.75, 3.05) is 4.90 Å². The molecule has 0 aliphatic carbocycles. The van der Waals surface area contributed by atoms with E-state index in [9.17, 15) is 0 Å². The third-order valence-electron chi connectivity index (χ3n) is 10.4. The van der Waals surface area contributed by atoms with Crippen LogP contribution in [0.5, 0.6) is 0 Å². The van der Waals surface area contributed by atoms with E-state index in [4.69, 9.17) is 9.97 Å². The highest BCUT2D eigenvalue weighted by Gasteiger charge is 2.26. The molecule has 0 unspecified atom stereocenters. The maximum atomic E-state index is 5.36. The highest BCUT2D eigenvalue weighted by atomic mass is 32.2. The molecule has 1 aliphatic heterocycles. The predicted octanol–water partition coefficient (Wildman–Crippen LogP) is 13.1. The van der Waals surface area contributed by atoms with Gasteiger partial charge >= 0.3 is 0 Å². The summed E-state index contributed by atoms with van der Waals surface area (Å²) >= 11 is 1.83. The van der Waals surface area contributed by atoms with Crippen LogP contribution < -0.4 is 4.90 Å². The molecule has 0 spiro atoms. The van der Waals surface area contributed by atoms with E-state index in [2.05, 4.69) is 185 Å². The lowest BCUT2D eigenvalue weighted by atomic mass is 9.96. The van der Waals surface area contributed by atoms with Gasteiger partial charge in [0.1, 0.15) is 0 Å². The maximum Gasteiger partial charge on any atom is 0.235 e. The molecule has 4 nitrogen and oxygen atoms in total. The van der Waals surface area contributed by atoms with E-state index >= 15 is 0 Å². The Morgan fingerprint density at radius 1 is 0.453 bits per heavy atom. The molecule has 5 heteroatoms. The third kappa shape index (κ3) is 4.71. The van der Waals surface area contributed by atoms with Gasteiger partial charge in [-0.05, 0) is 76.5 Å². The Labute approximate surface area is 310 Å². The van der Waals surface area contributed by atoms with Crippen molar-refractivity contribution < 1.29 is 0 Å². The van der Waals surface area contributed by atoms with Crippen molar-refractivity contribution in [3.63, 3.8) is 0 Å². The quantitative estimate of drug-likeness (QED) is 0.184. The van der Waals surface area contributed by atoms with E-state index in [-0.39, 0.29) is 0 Å². The summed E-state index contributed by atoms with van der Waals surface area (Å²) in [5.74, 6) is 0.656. The Balaban J connectivity index is 1.20. The molecule has 0 saturated carbocycles. The monoisotopic (exact) mass is 694 g/mol. The Bertz CT molecular complexity index is 3040. The molecule has 0 bridgehead atoms. The van der Waals surface area contributed by atoms with E-state index in [1.54, 1.807) is 0 Å². The second kappa shape index (κ2) is 11.9. The summed E-state index contributed by atoms with van der Waals surface area (Å²) in [4.78, 5) is 15.5. The summed E-state index contributed by atoms with van der Waals surface area (Å²) in [6, 6.07) is 64.9. The zero-order valence-electron chi connectivity index (χ0n) is 28.5. The molecular formula is C48H30N4S. The number of nitrogens with zero attached hydrogens (tertiary/aromatic N) is 4. The van der Waals surface area contributed by atoms with Gasteiger partial charge in [0.25, 0.3) is 0 Å². The molecule has 11 rings (SSSR count). The van der Waals surface area contributed by atoms with Gasteiger partial charge in [-0.2, -0.15) is 0 Å². The summed E-state index contributed by atoms with van der Waals surface area (Å²) in [6.07, 6.45) is 0. The van der Waals surface area contributed by atoms with Crippen LogP contribution in [0, 0.1) is 0 Å². The average molecular weight is 695 g/mol. The molecule has 2 aromatic heterocycles. The normalized spacial score (nSPS) is 12.4. The summed E-state index contributed by atoms with van der Waals surface area (Å²) in [6.45, 7) is 0. The van der Waals surface area contributed by atoms with Crippen LogP contribution in [0.25, 0.3) is 71.8 Å². The van der Waals surface area contributed by atoms with Crippen molar-refractivity contribution in [3.8, 4) is 28.3 Å². The van der Waals surface area contributed by atoms with Gasteiger partial charge in [0.2, 0.25) is 5.95 Å². The first-order valence-electron chi connectivity index (χ1n) is 17.8. The lowest BCUT2D eigenvalue weighted by molar-refractivity contribution is 1.01. The SMILES string of the molecule is c1ccc(-c2nc(-n3c4cccc(-c5ccc6c(c5)N(c5ccccc5)c5ccccc5S6)c4c4c5ccccc5ccc43)nc3ccccc23)cc1. The predicted molar refractivity (Wildman–Crippen MR) is 221 cm³/mol. The molecule has 0 atom stereocenters. The minimum Gasteiger partial charge on any atom is -0.308 e. The number of para-hydroxylation sites is 3. The van der Waals surface area contributed by atoms with Crippen molar-refractivity contribution in [2.45, 2.75) is 9.79 Å². The molecule has 0 radical (unpaired) electrons. The number of fused-ring (bicyclic) bond motifs is 8. The molecule has 53 heavy (non-hydrogen) atoms. The lowest BCUT2D eigenvalue weighted by Gasteiger charge is -2.33. The smallest absolute Gasteiger partial charge is 0.235 e. The fourth-order valence-electron chi connectivity index (χ4n) is 8.04. The topological polar surface area (TPSA) is 34.0 Å². The Hall–Kier alpha value is -6.69. The van der Waals surface area contributed by atoms with Crippen molar-refractivity contribution in [1.29, 1.82) is 0 Å². The van der Waals surface area contributed by atoms with Gasteiger partial charge in [-0.1, -0.05) is 139 Å². The second-order valence-electron chi connectivity index (χ2n) is 13.4. The van der Waals surface area contributed by atoms with Gasteiger partial charge in [0.15, 0.2) is 0 Å². The molecule has 0 N–H and O–H groups in total. The van der Waals surface area contributed by atoms with Crippen molar-refractivity contribution in [3.05, 3.63) is 182 Å². The van der Waals surface area contributed by atoms with Crippen LogP contribution >= 0.6 is 11.8 Å². The largest absolute Gasteiger partial charge is 0.308 e. The van der Waals surface area contributed by atoms with Crippen LogP contribution in [-0.4, -0.2) is 14.5 Å². The molecule has 8 aromatic carbocycles. The minimum absolute atomic E-state index is 0.656. The Morgan fingerprint density at radius 2 is 1.17 bits per heavy atom. The molecule has 248 valence electrons. The van der Waals surface area contributed by atoms with Crippen LogP contribution in [0.2, 0.25) is 0 Å². The standard InChI is InChI=1S/C48H30N4S/c1-3-15-32(16-4-1)47-37-20-9-10-22-38(37)49-48(50-47)52-40-24-13-21-36(46(40)45-35-19-8-7-14-31(35)26-28-41(45)52)33-27-29-44-42(30-33)51(34-17-5-2-6-18-34)39-23-11-12-25-43(39)53-44/h1-30H. The zero-order chi connectivity index (χ0) is 34.9. The Morgan fingerprint density at radius 3 is 2.06 bits per heavy atom. The molecule has 0 saturated heterocycles. The number of benzene rings is 8. The highest BCUT2D eigenvalue weighted by Crippen LogP contribution is 2.53. The number of aromatic nitrogens is 3. The number of hydrogen-bond donors (Lipinski definition) is 0. The summed E-state index contributed by atoms with van der Waals surface area (Å²) < 4.78 is 2.26. The molecule has 3 heterocycles. The zero-order valence-corrected chi connectivity index (χ0v) is 29.3. The van der Waals surface area contributed by atoms with E-state index < -0.39 is 0 Å². The molecule has 10 aromatic rings. The fraction of sp³-hybridized carbons (Fsp3) is 0. The van der Waals surface area contributed by atoms with E-state index in [0.29, 0.717) is 5.95 Å². The van der Waals surface area contributed by atoms with Crippen LogP contribution in [-0.2, 0) is 0 Å². The van der Waals surface area contributed by atoms with E-state index in [0.717, 1.165) is 44.4 Å². The summed E-state index contributed by atoms with van der Waals surface area (Å²) in [5, 5.41) is 5.83. The highest BCUT2D eigenvalue weighted by molar-refractivity contribution is 7.99.